The molecule has 1 saturated heterocycles. The SMILES string of the molecule is COc1ccc(Cl)cc1C1=NCC2(C1)CC(C(C)=O)N(C)C2. The second-order valence-electron chi connectivity index (χ2n) is 6.53. The van der Waals surface area contributed by atoms with Gasteiger partial charge in [0.05, 0.1) is 13.2 Å². The molecule has 1 spiro atoms. The van der Waals surface area contributed by atoms with E-state index in [0.717, 1.165) is 43.0 Å². The lowest BCUT2D eigenvalue weighted by atomic mass is 9.81. The monoisotopic (exact) mass is 320 g/mol. The van der Waals surface area contributed by atoms with Crippen LogP contribution in [0.3, 0.4) is 0 Å². The number of ketones is 1. The van der Waals surface area contributed by atoms with Gasteiger partial charge in [-0.05, 0) is 45.0 Å². The Hall–Kier alpha value is -1.39. The van der Waals surface area contributed by atoms with Crippen molar-refractivity contribution in [3.63, 3.8) is 0 Å². The third kappa shape index (κ3) is 2.66. The zero-order chi connectivity index (χ0) is 15.9. The first-order valence-electron chi connectivity index (χ1n) is 7.52. The molecule has 2 aliphatic rings. The molecule has 1 aromatic carbocycles. The van der Waals surface area contributed by atoms with E-state index < -0.39 is 0 Å². The minimum absolute atomic E-state index is 0.0239. The number of ether oxygens (including phenoxy) is 1. The molecule has 0 aromatic heterocycles. The van der Waals surface area contributed by atoms with E-state index in [1.807, 2.05) is 25.2 Å². The number of likely N-dealkylation sites (tertiary alicyclic amines) is 1. The van der Waals surface area contributed by atoms with Crippen LogP contribution >= 0.6 is 11.6 Å². The van der Waals surface area contributed by atoms with Gasteiger partial charge in [0.2, 0.25) is 0 Å². The summed E-state index contributed by atoms with van der Waals surface area (Å²) in [4.78, 5) is 18.7. The maximum atomic E-state index is 11.8. The van der Waals surface area contributed by atoms with Gasteiger partial charge >= 0.3 is 0 Å². The lowest BCUT2D eigenvalue weighted by Crippen LogP contribution is -2.31. The normalized spacial score (nSPS) is 28.2. The van der Waals surface area contributed by atoms with Gasteiger partial charge in [-0.25, -0.2) is 0 Å². The average Bonchev–Trinajstić information content (AvgIpc) is 3.03. The number of likely N-dealkylation sites (N-methyl/N-ethyl adjacent to an activating group) is 1. The van der Waals surface area contributed by atoms with Crippen molar-refractivity contribution in [3.8, 4) is 5.75 Å². The van der Waals surface area contributed by atoms with Crippen molar-refractivity contribution < 1.29 is 9.53 Å². The highest BCUT2D eigenvalue weighted by Gasteiger charge is 2.47. The van der Waals surface area contributed by atoms with Crippen molar-refractivity contribution in [1.29, 1.82) is 0 Å². The van der Waals surface area contributed by atoms with E-state index in [1.165, 1.54) is 0 Å². The van der Waals surface area contributed by atoms with Gasteiger partial charge < -0.3 is 4.74 Å². The standard InChI is InChI=1S/C17H21ClN2O2/c1-11(21)15-8-17(10-20(15)2)7-14(19-9-17)13-6-12(18)4-5-16(13)22-3/h4-6,15H,7-10H2,1-3H3. The van der Waals surface area contributed by atoms with E-state index in [1.54, 1.807) is 14.0 Å². The number of methoxy groups -OCH3 is 1. The zero-order valence-electron chi connectivity index (χ0n) is 13.2. The van der Waals surface area contributed by atoms with Gasteiger partial charge in [-0.1, -0.05) is 11.6 Å². The molecule has 0 bridgehead atoms. The predicted octanol–water partition coefficient (Wildman–Crippen LogP) is 2.82. The fourth-order valence-corrected chi connectivity index (χ4v) is 3.95. The Bertz CT molecular complexity index is 644. The highest BCUT2D eigenvalue weighted by atomic mass is 35.5. The topological polar surface area (TPSA) is 41.9 Å². The smallest absolute Gasteiger partial charge is 0.146 e. The second kappa shape index (κ2) is 5.67. The van der Waals surface area contributed by atoms with Crippen LogP contribution in [0.25, 0.3) is 0 Å². The zero-order valence-corrected chi connectivity index (χ0v) is 14.0. The molecule has 5 heteroatoms. The van der Waals surface area contributed by atoms with Crippen LogP contribution in [0.1, 0.15) is 25.3 Å². The Balaban J connectivity index is 1.84. The predicted molar refractivity (Wildman–Crippen MR) is 88.2 cm³/mol. The number of rotatable bonds is 3. The highest BCUT2D eigenvalue weighted by molar-refractivity contribution is 6.31. The van der Waals surface area contributed by atoms with Gasteiger partial charge in [0.25, 0.3) is 0 Å². The number of carbonyl (C=O) groups is 1. The summed E-state index contributed by atoms with van der Waals surface area (Å²) < 4.78 is 5.44. The van der Waals surface area contributed by atoms with Gasteiger partial charge in [0.15, 0.2) is 0 Å². The summed E-state index contributed by atoms with van der Waals surface area (Å²) in [6.07, 6.45) is 1.76. The summed E-state index contributed by atoms with van der Waals surface area (Å²) in [5.41, 5.74) is 2.09. The summed E-state index contributed by atoms with van der Waals surface area (Å²) in [5.74, 6) is 1.04. The molecule has 1 aromatic rings. The summed E-state index contributed by atoms with van der Waals surface area (Å²) in [7, 11) is 3.69. The number of hydrogen-bond acceptors (Lipinski definition) is 4. The van der Waals surface area contributed by atoms with E-state index in [0.29, 0.717) is 5.02 Å². The van der Waals surface area contributed by atoms with Gasteiger partial charge in [0, 0.05) is 34.8 Å². The fraction of sp³-hybridized carbons (Fsp3) is 0.529. The molecule has 3 rings (SSSR count). The van der Waals surface area contributed by atoms with Gasteiger partial charge in [-0.3, -0.25) is 14.7 Å². The first-order valence-corrected chi connectivity index (χ1v) is 7.90. The molecule has 0 radical (unpaired) electrons. The molecule has 2 unspecified atom stereocenters. The van der Waals surface area contributed by atoms with Crippen LogP contribution in [0, 0.1) is 5.41 Å². The molecule has 1 fully saturated rings. The maximum absolute atomic E-state index is 11.8. The molecule has 2 aliphatic heterocycles. The summed E-state index contributed by atoms with van der Waals surface area (Å²) in [6, 6.07) is 5.64. The van der Waals surface area contributed by atoms with Crippen LogP contribution in [0.4, 0.5) is 0 Å². The molecule has 2 atom stereocenters. The minimum Gasteiger partial charge on any atom is -0.496 e. The quantitative estimate of drug-likeness (QED) is 0.860. The Kier molecular flexibility index (Phi) is 4.00. The van der Waals surface area contributed by atoms with Crippen molar-refractivity contribution in [2.75, 3.05) is 27.2 Å². The van der Waals surface area contributed by atoms with Crippen molar-refractivity contribution >= 4 is 23.1 Å². The second-order valence-corrected chi connectivity index (χ2v) is 6.97. The van der Waals surface area contributed by atoms with Gasteiger partial charge in [-0.15, -0.1) is 0 Å². The molecule has 2 heterocycles. The van der Waals surface area contributed by atoms with Crippen LogP contribution in [0.2, 0.25) is 5.02 Å². The molecular weight excluding hydrogens is 300 g/mol. The maximum Gasteiger partial charge on any atom is 0.146 e. The van der Waals surface area contributed by atoms with Crippen molar-refractivity contribution in [3.05, 3.63) is 28.8 Å². The van der Waals surface area contributed by atoms with Crippen LogP contribution in [-0.4, -0.2) is 49.7 Å². The number of aliphatic imine (C=N–C) groups is 1. The molecule has 0 amide bonds. The fourth-order valence-electron chi connectivity index (χ4n) is 3.78. The van der Waals surface area contributed by atoms with E-state index in [9.17, 15) is 4.79 Å². The lowest BCUT2D eigenvalue weighted by molar-refractivity contribution is -0.120. The highest BCUT2D eigenvalue weighted by Crippen LogP contribution is 2.43. The Morgan fingerprint density at radius 2 is 2.27 bits per heavy atom. The lowest BCUT2D eigenvalue weighted by Gasteiger charge is -2.21. The number of Topliss-reactive ketones (excluding diaryl/α,β-unsaturated/α-hetero) is 1. The first-order chi connectivity index (χ1) is 10.4. The van der Waals surface area contributed by atoms with Crippen LogP contribution in [0.15, 0.2) is 23.2 Å². The van der Waals surface area contributed by atoms with E-state index in [4.69, 9.17) is 21.3 Å². The molecule has 0 aliphatic carbocycles. The average molecular weight is 321 g/mol. The van der Waals surface area contributed by atoms with Gasteiger partial charge in [0.1, 0.15) is 11.5 Å². The van der Waals surface area contributed by atoms with Crippen LogP contribution in [-0.2, 0) is 4.79 Å². The minimum atomic E-state index is 0.0239. The van der Waals surface area contributed by atoms with Crippen molar-refractivity contribution in [1.82, 2.24) is 4.90 Å². The number of hydrogen-bond donors (Lipinski definition) is 0. The molecule has 0 saturated carbocycles. The molecule has 0 N–H and O–H groups in total. The van der Waals surface area contributed by atoms with Crippen LogP contribution < -0.4 is 4.74 Å². The molecule has 4 nitrogen and oxygen atoms in total. The number of nitrogens with zero attached hydrogens (tertiary/aromatic N) is 2. The van der Waals surface area contributed by atoms with Crippen molar-refractivity contribution in [2.45, 2.75) is 25.8 Å². The first kappa shape index (κ1) is 15.5. The molecule has 22 heavy (non-hydrogen) atoms. The van der Waals surface area contributed by atoms with Crippen LogP contribution in [0.5, 0.6) is 5.75 Å². The third-order valence-corrected chi connectivity index (χ3v) is 5.07. The van der Waals surface area contributed by atoms with Crippen molar-refractivity contribution in [2.24, 2.45) is 10.4 Å². The summed E-state index contributed by atoms with van der Waals surface area (Å²) >= 11 is 6.13. The van der Waals surface area contributed by atoms with E-state index in [-0.39, 0.29) is 17.2 Å². The Labute approximate surface area is 136 Å². The molecule has 118 valence electrons. The largest absolute Gasteiger partial charge is 0.496 e. The Morgan fingerprint density at radius 3 is 2.91 bits per heavy atom. The summed E-state index contributed by atoms with van der Waals surface area (Å²) in [5, 5.41) is 0.685. The summed E-state index contributed by atoms with van der Waals surface area (Å²) in [6.45, 7) is 3.36. The van der Waals surface area contributed by atoms with E-state index in [2.05, 4.69) is 4.90 Å². The third-order valence-electron chi connectivity index (χ3n) is 4.83. The Morgan fingerprint density at radius 1 is 1.50 bits per heavy atom. The van der Waals surface area contributed by atoms with E-state index >= 15 is 0 Å². The number of halogens is 1. The number of benzene rings is 1. The van der Waals surface area contributed by atoms with Gasteiger partial charge in [-0.2, -0.15) is 0 Å². The number of carbonyl (C=O) groups excluding carboxylic acids is 1. The molecular formula is C17H21ClN2O2.